The molecule has 0 radical (unpaired) electrons. The molecular weight excluding hydrogens is 455 g/mol. The van der Waals surface area contributed by atoms with Gasteiger partial charge < -0.3 is 14.5 Å². The zero-order valence-electron chi connectivity index (χ0n) is 19.2. The maximum atomic E-state index is 6.73. The lowest BCUT2D eigenvalue weighted by Gasteiger charge is -2.23. The minimum absolute atomic E-state index is 0.226. The van der Waals surface area contributed by atoms with Gasteiger partial charge >= 0.3 is 0 Å². The summed E-state index contributed by atoms with van der Waals surface area (Å²) in [6.45, 7) is 12.2. The molecule has 1 fully saturated rings. The van der Waals surface area contributed by atoms with Crippen LogP contribution in [0.25, 0.3) is 10.9 Å². The molecule has 1 saturated heterocycles. The van der Waals surface area contributed by atoms with Crippen molar-refractivity contribution in [3.05, 3.63) is 76.3 Å². The second-order valence-electron chi connectivity index (χ2n) is 8.23. The summed E-state index contributed by atoms with van der Waals surface area (Å²) in [4.78, 5) is 13.5. The topological polar surface area (TPSA) is 41.5 Å². The summed E-state index contributed by atoms with van der Waals surface area (Å²) in [7, 11) is 0. The van der Waals surface area contributed by atoms with Crippen molar-refractivity contribution in [1.29, 1.82) is 0 Å². The zero-order valence-corrected chi connectivity index (χ0v) is 20.7. The molecule has 33 heavy (non-hydrogen) atoms. The minimum Gasteiger partial charge on any atom is -0.487 e. The molecule has 0 saturated carbocycles. The Bertz CT molecular complexity index is 1220. The maximum Gasteiger partial charge on any atom is 0.147 e. The van der Waals surface area contributed by atoms with Gasteiger partial charge in [0, 0.05) is 47.8 Å². The minimum atomic E-state index is 0.226. The smallest absolute Gasteiger partial charge is 0.147 e. The van der Waals surface area contributed by atoms with E-state index in [1.165, 1.54) is 0 Å². The first-order valence-corrected chi connectivity index (χ1v) is 11.8. The Morgan fingerprint density at radius 1 is 1.27 bits per heavy atom. The molecule has 5 nitrogen and oxygen atoms in total. The second kappa shape index (κ2) is 10.0. The SMILES string of the molecule is C=C(C)N(/C=C\C)c1cc(C)nc2c(OCc3c(Cl)cnc(N4CCCC4)c3Cl)cccc12. The van der Waals surface area contributed by atoms with E-state index < -0.39 is 0 Å². The fraction of sp³-hybridized carbons (Fsp3) is 0.308. The van der Waals surface area contributed by atoms with Gasteiger partial charge in [-0.05, 0) is 45.7 Å². The zero-order chi connectivity index (χ0) is 23.5. The number of hydrogen-bond donors (Lipinski definition) is 0. The fourth-order valence-electron chi connectivity index (χ4n) is 4.13. The number of nitrogens with zero attached hydrogens (tertiary/aromatic N) is 4. The van der Waals surface area contributed by atoms with Gasteiger partial charge in [0.25, 0.3) is 0 Å². The highest BCUT2D eigenvalue weighted by molar-refractivity contribution is 6.37. The highest BCUT2D eigenvalue weighted by atomic mass is 35.5. The number of pyridine rings is 2. The standard InChI is InChI=1S/C26H28Cl2N4O/c1-5-11-32(17(2)3)22-14-18(4)30-25-19(22)9-8-10-23(25)33-16-20-21(27)15-29-26(24(20)28)31-12-6-7-13-31/h5,8-11,14-15H,2,6-7,12-13,16H2,1,3-4H3/b11-5-. The summed E-state index contributed by atoms with van der Waals surface area (Å²) in [5, 5.41) is 2.02. The van der Waals surface area contributed by atoms with Crippen LogP contribution in [0, 0.1) is 6.92 Å². The summed E-state index contributed by atoms with van der Waals surface area (Å²) in [6, 6.07) is 7.99. The predicted molar refractivity (Wildman–Crippen MR) is 139 cm³/mol. The Hall–Kier alpha value is -2.76. The molecule has 4 rings (SSSR count). The van der Waals surface area contributed by atoms with E-state index >= 15 is 0 Å². The Labute approximate surface area is 205 Å². The van der Waals surface area contributed by atoms with Crippen LogP contribution in [-0.2, 0) is 6.61 Å². The molecule has 0 atom stereocenters. The van der Waals surface area contributed by atoms with Gasteiger partial charge in [-0.15, -0.1) is 0 Å². The van der Waals surface area contributed by atoms with E-state index in [-0.39, 0.29) is 6.61 Å². The number of anilines is 2. The van der Waals surface area contributed by atoms with Crippen molar-refractivity contribution in [3.63, 3.8) is 0 Å². The van der Waals surface area contributed by atoms with Crippen molar-refractivity contribution in [3.8, 4) is 5.75 Å². The van der Waals surface area contributed by atoms with Crippen molar-refractivity contribution >= 4 is 45.6 Å². The predicted octanol–water partition coefficient (Wildman–Crippen LogP) is 7.30. The molecule has 1 aliphatic rings. The number of hydrogen-bond acceptors (Lipinski definition) is 5. The molecule has 3 aromatic rings. The highest BCUT2D eigenvalue weighted by Gasteiger charge is 2.21. The van der Waals surface area contributed by atoms with Crippen LogP contribution in [0.5, 0.6) is 5.75 Å². The second-order valence-corrected chi connectivity index (χ2v) is 9.01. The van der Waals surface area contributed by atoms with Crippen molar-refractivity contribution in [2.75, 3.05) is 22.9 Å². The molecule has 7 heteroatoms. The van der Waals surface area contributed by atoms with E-state index in [1.807, 2.05) is 51.2 Å². The van der Waals surface area contributed by atoms with Gasteiger partial charge in [-0.1, -0.05) is 48.0 Å². The van der Waals surface area contributed by atoms with Crippen molar-refractivity contribution in [2.45, 2.75) is 40.2 Å². The third-order valence-electron chi connectivity index (χ3n) is 5.70. The molecule has 0 bridgehead atoms. The molecule has 1 aliphatic heterocycles. The number of benzene rings is 1. The van der Waals surface area contributed by atoms with Crippen molar-refractivity contribution in [2.24, 2.45) is 0 Å². The monoisotopic (exact) mass is 482 g/mol. The number of aromatic nitrogens is 2. The van der Waals surface area contributed by atoms with Gasteiger partial charge in [-0.25, -0.2) is 9.97 Å². The van der Waals surface area contributed by atoms with E-state index in [0.717, 1.165) is 65.3 Å². The van der Waals surface area contributed by atoms with Crippen LogP contribution in [0.2, 0.25) is 10.0 Å². The van der Waals surface area contributed by atoms with E-state index in [4.69, 9.17) is 32.9 Å². The summed E-state index contributed by atoms with van der Waals surface area (Å²) in [6.07, 6.45) is 7.93. The van der Waals surface area contributed by atoms with Gasteiger partial charge in [0.05, 0.1) is 15.7 Å². The molecule has 0 spiro atoms. The number of para-hydroxylation sites is 1. The molecule has 172 valence electrons. The van der Waals surface area contributed by atoms with Crippen LogP contribution in [-0.4, -0.2) is 23.1 Å². The lowest BCUT2D eigenvalue weighted by atomic mass is 10.1. The molecule has 0 N–H and O–H groups in total. The number of allylic oxidation sites excluding steroid dienone is 2. The molecule has 0 aliphatic carbocycles. The summed E-state index contributed by atoms with van der Waals surface area (Å²) in [5.74, 6) is 1.45. The molecule has 3 heterocycles. The number of fused-ring (bicyclic) bond motifs is 1. The van der Waals surface area contributed by atoms with Gasteiger partial charge in [0.15, 0.2) is 0 Å². The van der Waals surface area contributed by atoms with Gasteiger partial charge in [0.2, 0.25) is 0 Å². The van der Waals surface area contributed by atoms with Crippen LogP contribution in [0.3, 0.4) is 0 Å². The average Bonchev–Trinajstić information content (AvgIpc) is 3.31. The number of halogens is 2. The molecule has 0 amide bonds. The molecule has 2 aromatic heterocycles. The van der Waals surface area contributed by atoms with E-state index in [2.05, 4.69) is 27.4 Å². The molecule has 1 aromatic carbocycles. The van der Waals surface area contributed by atoms with Crippen LogP contribution in [0.1, 0.15) is 37.9 Å². The van der Waals surface area contributed by atoms with E-state index in [9.17, 15) is 0 Å². The summed E-state index contributed by atoms with van der Waals surface area (Å²) >= 11 is 13.2. The molecule has 0 unspecified atom stereocenters. The first kappa shape index (κ1) is 23.4. The number of rotatable bonds is 7. The maximum absolute atomic E-state index is 6.73. The van der Waals surface area contributed by atoms with Gasteiger partial charge in [0.1, 0.15) is 23.7 Å². The largest absolute Gasteiger partial charge is 0.487 e. The van der Waals surface area contributed by atoms with Crippen LogP contribution in [0.15, 0.2) is 55.0 Å². The van der Waals surface area contributed by atoms with Crippen LogP contribution in [0.4, 0.5) is 11.5 Å². The van der Waals surface area contributed by atoms with Crippen LogP contribution >= 0.6 is 23.2 Å². The first-order chi connectivity index (χ1) is 15.9. The Morgan fingerprint density at radius 3 is 2.73 bits per heavy atom. The van der Waals surface area contributed by atoms with E-state index in [1.54, 1.807) is 6.20 Å². The Kier molecular flexibility index (Phi) is 7.11. The normalized spacial score (nSPS) is 13.8. The number of aryl methyl sites for hydroxylation is 1. The fourth-order valence-corrected chi connectivity index (χ4v) is 4.70. The van der Waals surface area contributed by atoms with E-state index in [0.29, 0.717) is 15.8 Å². The highest BCUT2D eigenvalue weighted by Crippen LogP contribution is 2.37. The van der Waals surface area contributed by atoms with Gasteiger partial charge in [-0.3, -0.25) is 0 Å². The molecular formula is C26H28Cl2N4O. The van der Waals surface area contributed by atoms with Crippen molar-refractivity contribution < 1.29 is 4.74 Å². The summed E-state index contributed by atoms with van der Waals surface area (Å²) in [5.41, 5.74) is 4.32. The Morgan fingerprint density at radius 2 is 2.03 bits per heavy atom. The lowest BCUT2D eigenvalue weighted by molar-refractivity contribution is 0.309. The van der Waals surface area contributed by atoms with Crippen LogP contribution < -0.4 is 14.5 Å². The third kappa shape index (κ3) is 4.80. The van der Waals surface area contributed by atoms with Crippen molar-refractivity contribution in [1.82, 2.24) is 9.97 Å². The summed E-state index contributed by atoms with van der Waals surface area (Å²) < 4.78 is 6.26. The first-order valence-electron chi connectivity index (χ1n) is 11.1. The average molecular weight is 483 g/mol. The third-order valence-corrected chi connectivity index (χ3v) is 6.43. The Balaban J connectivity index is 1.71. The lowest BCUT2D eigenvalue weighted by Crippen LogP contribution is -2.20. The number of ether oxygens (including phenoxy) is 1. The van der Waals surface area contributed by atoms with Gasteiger partial charge in [-0.2, -0.15) is 0 Å². The quantitative estimate of drug-likeness (QED) is 0.353.